The van der Waals surface area contributed by atoms with E-state index in [-0.39, 0.29) is 22.1 Å². The summed E-state index contributed by atoms with van der Waals surface area (Å²) < 4.78 is 4.80. The van der Waals surface area contributed by atoms with Crippen molar-refractivity contribution in [3.05, 3.63) is 75.3 Å². The molecule has 0 spiro atoms. The number of thioether (sulfide) groups is 1. The van der Waals surface area contributed by atoms with E-state index < -0.39 is 29.6 Å². The number of anilines is 1. The smallest absolute Gasteiger partial charge is 0.319 e. The standard InChI is InChI=1S/C24H20ClN3O5S/c1-13(29)15-4-3-5-17(10-15)27-19(30)12-34-23-18(11-26)20(14-6-8-16(25)9-7-14)21(22(31)28-23)24(32)33-2/h3-10,20-21H,12H2,1-2H3,(H,27,30)(H,28,31)/t20-,21-/m1/s1. The molecule has 8 nitrogen and oxygen atoms in total. The van der Waals surface area contributed by atoms with Gasteiger partial charge in [-0.3, -0.25) is 19.2 Å². The first-order valence-corrected chi connectivity index (χ1v) is 11.4. The van der Waals surface area contributed by atoms with Gasteiger partial charge in [-0.1, -0.05) is 47.6 Å². The molecule has 0 aromatic heterocycles. The van der Waals surface area contributed by atoms with E-state index in [1.807, 2.05) is 0 Å². The number of Topliss-reactive ketones (excluding diaryl/α,β-unsaturated/α-hetero) is 1. The summed E-state index contributed by atoms with van der Waals surface area (Å²) in [5, 5.41) is 15.8. The molecule has 0 saturated carbocycles. The van der Waals surface area contributed by atoms with E-state index in [0.717, 1.165) is 11.8 Å². The van der Waals surface area contributed by atoms with E-state index in [2.05, 4.69) is 16.7 Å². The molecular formula is C24H20ClN3O5S. The number of ether oxygens (including phenoxy) is 1. The lowest BCUT2D eigenvalue weighted by atomic mass is 9.78. The van der Waals surface area contributed by atoms with Gasteiger partial charge in [-0.2, -0.15) is 5.26 Å². The lowest BCUT2D eigenvalue weighted by molar-refractivity contribution is -0.150. The van der Waals surface area contributed by atoms with Crippen molar-refractivity contribution in [3.63, 3.8) is 0 Å². The molecule has 10 heteroatoms. The quantitative estimate of drug-likeness (QED) is 0.339. The molecule has 1 aliphatic heterocycles. The molecule has 2 aromatic carbocycles. The van der Waals surface area contributed by atoms with E-state index in [0.29, 0.717) is 21.8 Å². The van der Waals surface area contributed by atoms with Gasteiger partial charge in [0.25, 0.3) is 0 Å². The summed E-state index contributed by atoms with van der Waals surface area (Å²) in [5.41, 5.74) is 1.58. The Morgan fingerprint density at radius 2 is 1.91 bits per heavy atom. The van der Waals surface area contributed by atoms with Gasteiger partial charge in [0.1, 0.15) is 5.92 Å². The number of nitriles is 1. The minimum atomic E-state index is -1.27. The van der Waals surface area contributed by atoms with Crippen LogP contribution in [0.25, 0.3) is 0 Å². The van der Waals surface area contributed by atoms with Crippen molar-refractivity contribution < 1.29 is 23.9 Å². The van der Waals surface area contributed by atoms with Crippen molar-refractivity contribution in [1.29, 1.82) is 5.26 Å². The van der Waals surface area contributed by atoms with Crippen LogP contribution in [0.15, 0.2) is 59.1 Å². The molecule has 2 atom stereocenters. The first-order chi connectivity index (χ1) is 16.2. The molecule has 1 aliphatic rings. The van der Waals surface area contributed by atoms with E-state index in [9.17, 15) is 24.4 Å². The zero-order valence-electron chi connectivity index (χ0n) is 18.3. The average molecular weight is 498 g/mol. The van der Waals surface area contributed by atoms with Gasteiger partial charge in [0.05, 0.1) is 29.5 Å². The molecule has 0 aliphatic carbocycles. The molecule has 2 amide bonds. The fraction of sp³-hybridized carbons (Fsp3) is 0.208. The molecule has 3 rings (SSSR count). The number of carbonyl (C=O) groups excluding carboxylic acids is 4. The van der Waals surface area contributed by atoms with Crippen LogP contribution in [0.3, 0.4) is 0 Å². The Kier molecular flexibility index (Phi) is 8.10. The molecule has 34 heavy (non-hydrogen) atoms. The first kappa shape index (κ1) is 25.0. The first-order valence-electron chi connectivity index (χ1n) is 10.1. The molecule has 0 fully saturated rings. The van der Waals surface area contributed by atoms with Gasteiger partial charge in [-0.05, 0) is 36.8 Å². The number of hydrogen-bond donors (Lipinski definition) is 2. The predicted molar refractivity (Wildman–Crippen MR) is 128 cm³/mol. The van der Waals surface area contributed by atoms with E-state index >= 15 is 0 Å². The molecule has 174 valence electrons. The van der Waals surface area contributed by atoms with Crippen LogP contribution in [0.2, 0.25) is 5.02 Å². The van der Waals surface area contributed by atoms with Crippen molar-refractivity contribution in [1.82, 2.24) is 5.32 Å². The van der Waals surface area contributed by atoms with Crippen LogP contribution in [0, 0.1) is 17.2 Å². The SMILES string of the molecule is COC(=O)[C@H]1C(=O)NC(SCC(=O)Nc2cccc(C(C)=O)c2)=C(C#N)[C@H]1c1ccc(Cl)cc1. The molecule has 0 saturated heterocycles. The Bertz CT molecular complexity index is 1220. The summed E-state index contributed by atoms with van der Waals surface area (Å²) in [7, 11) is 1.17. The number of methoxy groups -OCH3 is 1. The van der Waals surface area contributed by atoms with Crippen molar-refractivity contribution in [2.45, 2.75) is 12.8 Å². The highest BCUT2D eigenvalue weighted by Gasteiger charge is 2.44. The van der Waals surface area contributed by atoms with Crippen LogP contribution in [-0.4, -0.2) is 36.4 Å². The van der Waals surface area contributed by atoms with Crippen LogP contribution < -0.4 is 10.6 Å². The number of nitrogens with one attached hydrogen (secondary N) is 2. The van der Waals surface area contributed by atoms with E-state index in [1.54, 1.807) is 48.5 Å². The lowest BCUT2D eigenvalue weighted by Crippen LogP contribution is -2.44. The predicted octanol–water partition coefficient (Wildman–Crippen LogP) is 3.65. The van der Waals surface area contributed by atoms with Crippen LogP contribution in [0.5, 0.6) is 0 Å². The second-order valence-electron chi connectivity index (χ2n) is 7.35. The van der Waals surface area contributed by atoms with Crippen LogP contribution >= 0.6 is 23.4 Å². The maximum absolute atomic E-state index is 12.8. The third kappa shape index (κ3) is 5.65. The molecule has 1 heterocycles. The minimum absolute atomic E-state index is 0.124. The summed E-state index contributed by atoms with van der Waals surface area (Å²) in [4.78, 5) is 49.3. The fourth-order valence-corrected chi connectivity index (χ4v) is 4.47. The lowest BCUT2D eigenvalue weighted by Gasteiger charge is -2.30. The van der Waals surface area contributed by atoms with Gasteiger partial charge in [0.2, 0.25) is 11.8 Å². The van der Waals surface area contributed by atoms with Crippen LogP contribution in [-0.2, 0) is 19.1 Å². The summed E-state index contributed by atoms with van der Waals surface area (Å²) in [6.45, 7) is 1.43. The van der Waals surface area contributed by atoms with Crippen LogP contribution in [0.4, 0.5) is 5.69 Å². The van der Waals surface area contributed by atoms with Gasteiger partial charge in [0.15, 0.2) is 5.78 Å². The fourth-order valence-electron chi connectivity index (χ4n) is 3.50. The summed E-state index contributed by atoms with van der Waals surface area (Å²) in [6.07, 6.45) is 0. The zero-order valence-corrected chi connectivity index (χ0v) is 19.8. The number of esters is 1. The average Bonchev–Trinajstić information content (AvgIpc) is 2.82. The van der Waals surface area contributed by atoms with Gasteiger partial charge < -0.3 is 15.4 Å². The Morgan fingerprint density at radius 1 is 1.21 bits per heavy atom. The zero-order chi connectivity index (χ0) is 24.8. The molecule has 2 aromatic rings. The molecule has 2 N–H and O–H groups in total. The monoisotopic (exact) mass is 497 g/mol. The molecular weight excluding hydrogens is 478 g/mol. The maximum atomic E-state index is 12.8. The summed E-state index contributed by atoms with van der Waals surface area (Å²) in [5.74, 6) is -4.24. The van der Waals surface area contributed by atoms with Crippen molar-refractivity contribution in [2.75, 3.05) is 18.2 Å². The van der Waals surface area contributed by atoms with Crippen LogP contribution in [0.1, 0.15) is 28.8 Å². The van der Waals surface area contributed by atoms with Gasteiger partial charge in [0, 0.05) is 22.2 Å². The Hall–Kier alpha value is -3.61. The topological polar surface area (TPSA) is 125 Å². The highest BCUT2D eigenvalue weighted by Crippen LogP contribution is 2.40. The van der Waals surface area contributed by atoms with Crippen molar-refractivity contribution in [2.24, 2.45) is 5.92 Å². The number of hydrogen-bond acceptors (Lipinski definition) is 7. The number of ketones is 1. The van der Waals surface area contributed by atoms with Gasteiger partial charge in [-0.25, -0.2) is 0 Å². The number of amides is 2. The van der Waals surface area contributed by atoms with E-state index in [1.165, 1.54) is 14.0 Å². The number of halogens is 1. The number of carbonyl (C=O) groups is 4. The molecule has 0 radical (unpaired) electrons. The highest BCUT2D eigenvalue weighted by atomic mass is 35.5. The Labute approximate surface area is 205 Å². The number of nitrogens with zero attached hydrogens (tertiary/aromatic N) is 1. The molecule has 0 bridgehead atoms. The molecule has 0 unspecified atom stereocenters. The van der Waals surface area contributed by atoms with E-state index in [4.69, 9.17) is 16.3 Å². The largest absolute Gasteiger partial charge is 0.468 e. The third-order valence-electron chi connectivity index (χ3n) is 5.11. The Morgan fingerprint density at radius 3 is 2.53 bits per heavy atom. The maximum Gasteiger partial charge on any atom is 0.319 e. The minimum Gasteiger partial charge on any atom is -0.468 e. The number of benzene rings is 2. The van der Waals surface area contributed by atoms with Crippen molar-refractivity contribution in [3.8, 4) is 6.07 Å². The summed E-state index contributed by atoms with van der Waals surface area (Å²) in [6, 6.07) is 15.0. The Balaban J connectivity index is 1.86. The highest BCUT2D eigenvalue weighted by molar-refractivity contribution is 8.03. The second kappa shape index (κ2) is 11.0. The van der Waals surface area contributed by atoms with Gasteiger partial charge >= 0.3 is 5.97 Å². The van der Waals surface area contributed by atoms with Gasteiger partial charge in [-0.15, -0.1) is 0 Å². The number of allylic oxidation sites excluding steroid dienone is 1. The third-order valence-corrected chi connectivity index (χ3v) is 6.38. The second-order valence-corrected chi connectivity index (χ2v) is 8.77. The summed E-state index contributed by atoms with van der Waals surface area (Å²) >= 11 is 6.93. The number of rotatable bonds is 7. The van der Waals surface area contributed by atoms with Crippen molar-refractivity contribution >= 4 is 52.6 Å². The normalized spacial score (nSPS) is 17.4.